The van der Waals surface area contributed by atoms with Crippen molar-refractivity contribution in [3.05, 3.63) is 0 Å². The summed E-state index contributed by atoms with van der Waals surface area (Å²) in [7, 11) is 0. The molecule has 0 unspecified atom stereocenters. The summed E-state index contributed by atoms with van der Waals surface area (Å²) in [6, 6.07) is 0. The van der Waals surface area contributed by atoms with Crippen molar-refractivity contribution in [2.45, 2.75) is 0 Å². The van der Waals surface area contributed by atoms with Gasteiger partial charge < -0.3 is 0 Å². The van der Waals surface area contributed by atoms with Crippen LogP contribution < -0.4 is 0 Å². The quantitative estimate of drug-likeness (QED) is 0.516. The molecule has 0 heterocycles. The van der Waals surface area contributed by atoms with Gasteiger partial charge >= 0.3 is 51.0 Å². The van der Waals surface area contributed by atoms with Gasteiger partial charge in [-0.15, -0.1) is 0 Å². The Hall–Kier alpha value is 2.08. The Morgan fingerprint density at radius 2 is 1.25 bits per heavy atom. The van der Waals surface area contributed by atoms with Gasteiger partial charge in [-0.1, -0.05) is 0 Å². The van der Waals surface area contributed by atoms with Crippen LogP contribution in [0.5, 0.6) is 0 Å². The van der Waals surface area contributed by atoms with E-state index in [2.05, 4.69) is 28.4 Å². The van der Waals surface area contributed by atoms with E-state index in [1.165, 1.54) is 0 Å². The molecule has 0 amide bonds. The molecule has 24 valence electrons. The Morgan fingerprint density at radius 3 is 1.25 bits per heavy atom. The minimum absolute atomic E-state index is 0.799. The molecule has 0 N–H and O–H groups in total. The molecule has 0 aliphatic carbocycles. The number of hydrogen-bond acceptors (Lipinski definition) is 0. The van der Waals surface area contributed by atoms with E-state index in [-0.39, 0.29) is 0 Å². The molecule has 0 aliphatic heterocycles. The van der Waals surface area contributed by atoms with E-state index in [0.717, 1.165) is 22.6 Å². The summed E-state index contributed by atoms with van der Waals surface area (Å²) in [6.07, 6.45) is 0. The Kier molecular flexibility index (Phi) is 7.72. The summed E-state index contributed by atoms with van der Waals surface area (Å²) in [6.45, 7) is 0. The SMILES string of the molecule is [Se][Se][Se][Se]. The van der Waals surface area contributed by atoms with Gasteiger partial charge in [0.2, 0.25) is 0 Å². The van der Waals surface area contributed by atoms with Crippen molar-refractivity contribution >= 4 is 51.0 Å². The zero-order valence-corrected chi connectivity index (χ0v) is 8.49. The third-order valence-corrected chi connectivity index (χ3v) is 20.2. The van der Waals surface area contributed by atoms with Gasteiger partial charge in [-0.05, 0) is 0 Å². The molecule has 0 aliphatic rings. The molecule has 0 bridgehead atoms. The van der Waals surface area contributed by atoms with Crippen LogP contribution in [0.1, 0.15) is 0 Å². The molecule has 0 nitrogen and oxygen atoms in total. The van der Waals surface area contributed by atoms with E-state index in [9.17, 15) is 0 Å². The molecule has 4 heavy (non-hydrogen) atoms. The first-order chi connectivity index (χ1) is 1.91. The summed E-state index contributed by atoms with van der Waals surface area (Å²) in [4.78, 5) is 0. The van der Waals surface area contributed by atoms with E-state index in [0.29, 0.717) is 0 Å². The van der Waals surface area contributed by atoms with Crippen molar-refractivity contribution < 1.29 is 0 Å². The molecule has 0 aromatic carbocycles. The normalized spacial score (nSPS) is 7.50. The van der Waals surface area contributed by atoms with Gasteiger partial charge in [0.25, 0.3) is 0 Å². The van der Waals surface area contributed by atoms with Crippen LogP contribution in [-0.2, 0) is 0 Å². The zero-order valence-electron chi connectivity index (χ0n) is 1.63. The molecule has 4 heteroatoms. The molecule has 0 atom stereocenters. The first-order valence-corrected chi connectivity index (χ1v) is 13.5. The van der Waals surface area contributed by atoms with Crippen LogP contribution in [0.3, 0.4) is 0 Å². The third kappa shape index (κ3) is 4.08. The van der Waals surface area contributed by atoms with Gasteiger partial charge in [-0.3, -0.25) is 0 Å². The Morgan fingerprint density at radius 1 is 1.00 bits per heavy atom. The minimum atomic E-state index is 0.799. The van der Waals surface area contributed by atoms with E-state index in [1.54, 1.807) is 0 Å². The van der Waals surface area contributed by atoms with Gasteiger partial charge in [0.15, 0.2) is 0 Å². The molecule has 0 rings (SSSR count). The zero-order chi connectivity index (χ0) is 3.41. The summed E-state index contributed by atoms with van der Waals surface area (Å²) >= 11 is 7.50. The topological polar surface area (TPSA) is 0 Å². The Bertz CT molecular complexity index is 2.00. The van der Waals surface area contributed by atoms with E-state index in [1.807, 2.05) is 0 Å². The molecule has 0 saturated carbocycles. The van der Waals surface area contributed by atoms with Crippen LogP contribution in [0, 0.1) is 0 Å². The fourth-order valence-corrected chi connectivity index (χ4v) is 0. The Labute approximate surface area is 50.5 Å². The van der Waals surface area contributed by atoms with Crippen LogP contribution in [0.15, 0.2) is 0 Å². The molecule has 0 aromatic rings. The van der Waals surface area contributed by atoms with Crippen LogP contribution in [0.4, 0.5) is 0 Å². The molecule has 0 saturated heterocycles. The standard InChI is InChI=1S/Se4/c1-3-4-2. The second-order valence-electron chi connectivity index (χ2n) is 0.136. The van der Waals surface area contributed by atoms with E-state index < -0.39 is 0 Å². The Balaban J connectivity index is 1.97. The van der Waals surface area contributed by atoms with Crippen molar-refractivity contribution in [2.75, 3.05) is 0 Å². The molecule has 0 spiro atoms. The van der Waals surface area contributed by atoms with Crippen molar-refractivity contribution in [2.24, 2.45) is 0 Å². The predicted octanol–water partition coefficient (Wildman–Crippen LogP) is -1.52. The van der Waals surface area contributed by atoms with Crippen molar-refractivity contribution in [1.82, 2.24) is 0 Å². The van der Waals surface area contributed by atoms with Crippen molar-refractivity contribution in [1.29, 1.82) is 0 Å². The fourth-order valence-electron chi connectivity index (χ4n) is 0. The maximum absolute atomic E-state index is 2.95. The van der Waals surface area contributed by atoms with Gasteiger partial charge in [0, 0.05) is 0 Å². The monoisotopic (exact) mass is 320 g/mol. The predicted molar refractivity (Wildman–Crippen MR) is 23.0 cm³/mol. The summed E-state index contributed by atoms with van der Waals surface area (Å²) in [5, 5.41) is 0. The first-order valence-electron chi connectivity index (χ1n) is 0.500. The summed E-state index contributed by atoms with van der Waals surface area (Å²) < 4.78 is 0. The molecule has 0 aromatic heterocycles. The average Bonchev–Trinajstić information content (AvgIpc) is 1.37. The maximum atomic E-state index is 2.95. The molecular weight excluding hydrogens is 316 g/mol. The number of hydrogen-bond donors (Lipinski definition) is 0. The second kappa shape index (κ2) is 5.08. The van der Waals surface area contributed by atoms with Crippen molar-refractivity contribution in [3.8, 4) is 0 Å². The fraction of sp³-hybridized carbons (Fsp3) is 0. The summed E-state index contributed by atoms with van der Waals surface area (Å²) in [5.41, 5.74) is 0. The van der Waals surface area contributed by atoms with Crippen molar-refractivity contribution in [3.63, 3.8) is 0 Å². The average molecular weight is 316 g/mol. The summed E-state index contributed by atoms with van der Waals surface area (Å²) in [5.74, 6) is 0. The third-order valence-electron chi connectivity index (χ3n) is 0.0278. The van der Waals surface area contributed by atoms with Gasteiger partial charge in [0.05, 0.1) is 0 Å². The van der Waals surface area contributed by atoms with Gasteiger partial charge in [-0.25, -0.2) is 0 Å². The van der Waals surface area contributed by atoms with Crippen LogP contribution in [0.25, 0.3) is 0 Å². The van der Waals surface area contributed by atoms with Crippen LogP contribution in [0.2, 0.25) is 0 Å². The molecule has 0 fully saturated rings. The van der Waals surface area contributed by atoms with E-state index in [4.69, 9.17) is 0 Å². The first kappa shape index (κ1) is 6.08. The van der Waals surface area contributed by atoms with Crippen LogP contribution >= 0.6 is 0 Å². The van der Waals surface area contributed by atoms with Gasteiger partial charge in [-0.2, -0.15) is 0 Å². The number of rotatable bonds is 1. The second-order valence-corrected chi connectivity index (χ2v) is 19.1. The van der Waals surface area contributed by atoms with Crippen LogP contribution in [-0.4, -0.2) is 51.0 Å². The molecular formula is Se4. The van der Waals surface area contributed by atoms with Gasteiger partial charge in [0.1, 0.15) is 0 Å². The van der Waals surface area contributed by atoms with E-state index >= 15 is 0 Å². The molecule has 2 radical (unpaired) electrons.